The highest BCUT2D eigenvalue weighted by Crippen LogP contribution is 2.19. The van der Waals surface area contributed by atoms with E-state index in [4.69, 9.17) is 4.74 Å². The second kappa shape index (κ2) is 9.13. The summed E-state index contributed by atoms with van der Waals surface area (Å²) in [5, 5.41) is 1.97. The monoisotopic (exact) mass is 305 g/mol. The molecule has 1 atom stereocenters. The highest BCUT2D eigenvalue weighted by Gasteiger charge is 2.15. The van der Waals surface area contributed by atoms with E-state index in [1.807, 2.05) is 25.2 Å². The molecule has 124 valence electrons. The van der Waals surface area contributed by atoms with E-state index < -0.39 is 0 Å². The van der Waals surface area contributed by atoms with Crippen LogP contribution in [0, 0.1) is 5.92 Å². The third kappa shape index (κ3) is 5.95. The molecule has 1 saturated heterocycles. The second-order valence-corrected chi connectivity index (χ2v) is 6.59. The molecule has 1 heterocycles. The molecule has 0 saturated carbocycles. The van der Waals surface area contributed by atoms with E-state index in [1.165, 1.54) is 31.5 Å². The Kier molecular flexibility index (Phi) is 7.16. The summed E-state index contributed by atoms with van der Waals surface area (Å²) in [5.74, 6) is 1.86. The number of para-hydroxylation sites is 1. The Morgan fingerprint density at radius 1 is 1.32 bits per heavy atom. The molecule has 22 heavy (non-hydrogen) atoms. The Labute approximate surface area is 135 Å². The van der Waals surface area contributed by atoms with Crippen LogP contribution in [0.25, 0.3) is 0 Å². The third-order valence-corrected chi connectivity index (χ3v) is 4.18. The summed E-state index contributed by atoms with van der Waals surface area (Å²) in [6.45, 7) is 7.62. The lowest BCUT2D eigenvalue weighted by Gasteiger charge is -2.30. The number of piperidine rings is 1. The lowest BCUT2D eigenvalue weighted by atomic mass is 10.0. The zero-order chi connectivity index (χ0) is 15.8. The van der Waals surface area contributed by atoms with Crippen molar-refractivity contribution in [1.82, 2.24) is 15.3 Å². The van der Waals surface area contributed by atoms with Gasteiger partial charge in [-0.2, -0.15) is 0 Å². The fourth-order valence-corrected chi connectivity index (χ4v) is 2.99. The van der Waals surface area contributed by atoms with Gasteiger partial charge < -0.3 is 9.64 Å². The number of rotatable bonds is 8. The lowest BCUT2D eigenvalue weighted by Crippen LogP contribution is -2.35. The molecule has 1 unspecified atom stereocenters. The van der Waals surface area contributed by atoms with Crippen molar-refractivity contribution in [1.29, 1.82) is 0 Å². The minimum Gasteiger partial charge on any atom is -0.493 e. The summed E-state index contributed by atoms with van der Waals surface area (Å²) in [6, 6.07) is 8.29. The molecule has 0 amide bonds. The van der Waals surface area contributed by atoms with Crippen molar-refractivity contribution in [2.75, 3.05) is 40.3 Å². The third-order valence-electron chi connectivity index (χ3n) is 4.18. The number of nitrogens with zero attached hydrogens (tertiary/aromatic N) is 2. The van der Waals surface area contributed by atoms with Gasteiger partial charge in [0.2, 0.25) is 0 Å². The standard InChI is InChI=1S/C18H31N3O/c1-16-8-6-11-21(15-16)12-7-13-22-18-10-5-4-9-17(18)14-19-20(2)3/h4-5,9-10,16,19H,6-8,11-15H2,1-3H3. The number of ether oxygens (including phenoxy) is 1. The largest absolute Gasteiger partial charge is 0.493 e. The number of hydrogen-bond acceptors (Lipinski definition) is 4. The molecule has 1 aromatic carbocycles. The molecule has 1 fully saturated rings. The van der Waals surface area contributed by atoms with Gasteiger partial charge in [-0.05, 0) is 37.8 Å². The van der Waals surface area contributed by atoms with Crippen LogP contribution in [0.15, 0.2) is 24.3 Å². The molecular weight excluding hydrogens is 274 g/mol. The Hall–Kier alpha value is -1.10. The van der Waals surface area contributed by atoms with Gasteiger partial charge in [-0.1, -0.05) is 25.1 Å². The van der Waals surface area contributed by atoms with E-state index in [1.54, 1.807) is 0 Å². The zero-order valence-corrected chi connectivity index (χ0v) is 14.3. The maximum Gasteiger partial charge on any atom is 0.123 e. The van der Waals surface area contributed by atoms with Crippen LogP contribution < -0.4 is 10.2 Å². The molecule has 1 N–H and O–H groups in total. The smallest absolute Gasteiger partial charge is 0.123 e. The first-order chi connectivity index (χ1) is 10.6. The second-order valence-electron chi connectivity index (χ2n) is 6.59. The quantitative estimate of drug-likeness (QED) is 0.590. The maximum atomic E-state index is 6.00. The van der Waals surface area contributed by atoms with Crippen molar-refractivity contribution in [3.05, 3.63) is 29.8 Å². The molecule has 1 aliphatic rings. The van der Waals surface area contributed by atoms with Gasteiger partial charge in [0, 0.05) is 39.3 Å². The Balaban J connectivity index is 1.72. The first-order valence-corrected chi connectivity index (χ1v) is 8.49. The topological polar surface area (TPSA) is 27.7 Å². The Bertz CT molecular complexity index is 436. The van der Waals surface area contributed by atoms with Gasteiger partial charge in [0.25, 0.3) is 0 Å². The van der Waals surface area contributed by atoms with Crippen LogP contribution in [0.3, 0.4) is 0 Å². The van der Waals surface area contributed by atoms with E-state index in [-0.39, 0.29) is 0 Å². The van der Waals surface area contributed by atoms with Crippen molar-refractivity contribution in [3.8, 4) is 5.75 Å². The van der Waals surface area contributed by atoms with Gasteiger partial charge in [0.15, 0.2) is 0 Å². The SMILES string of the molecule is CC1CCCN(CCCOc2ccccc2CNN(C)C)C1. The van der Waals surface area contributed by atoms with Crippen LogP contribution in [0.4, 0.5) is 0 Å². The van der Waals surface area contributed by atoms with Crippen LogP contribution in [0.1, 0.15) is 31.7 Å². The van der Waals surface area contributed by atoms with Gasteiger partial charge in [0.1, 0.15) is 5.75 Å². The van der Waals surface area contributed by atoms with E-state index in [0.717, 1.165) is 37.8 Å². The van der Waals surface area contributed by atoms with Crippen LogP contribution in [-0.2, 0) is 6.54 Å². The highest BCUT2D eigenvalue weighted by atomic mass is 16.5. The fourth-order valence-electron chi connectivity index (χ4n) is 2.99. The average Bonchev–Trinajstić information content (AvgIpc) is 2.50. The minimum atomic E-state index is 0.795. The summed E-state index contributed by atoms with van der Waals surface area (Å²) >= 11 is 0. The average molecular weight is 305 g/mol. The molecule has 1 aromatic rings. The lowest BCUT2D eigenvalue weighted by molar-refractivity contribution is 0.169. The summed E-state index contributed by atoms with van der Waals surface area (Å²) in [6.07, 6.45) is 3.84. The Morgan fingerprint density at radius 2 is 2.14 bits per heavy atom. The first kappa shape index (κ1) is 17.3. The molecule has 0 bridgehead atoms. The van der Waals surface area contributed by atoms with Crippen molar-refractivity contribution < 1.29 is 4.74 Å². The Morgan fingerprint density at radius 3 is 2.91 bits per heavy atom. The van der Waals surface area contributed by atoms with Crippen LogP contribution >= 0.6 is 0 Å². The maximum absolute atomic E-state index is 6.00. The van der Waals surface area contributed by atoms with Crippen LogP contribution in [0.2, 0.25) is 0 Å². The van der Waals surface area contributed by atoms with Gasteiger partial charge in [0.05, 0.1) is 6.61 Å². The molecule has 0 spiro atoms. The molecule has 2 rings (SSSR count). The van der Waals surface area contributed by atoms with Crippen LogP contribution in [0.5, 0.6) is 5.75 Å². The summed E-state index contributed by atoms with van der Waals surface area (Å²) < 4.78 is 6.00. The number of hydrazine groups is 1. The molecule has 0 aliphatic carbocycles. The van der Waals surface area contributed by atoms with E-state index in [2.05, 4.69) is 35.4 Å². The molecule has 4 nitrogen and oxygen atoms in total. The normalized spacial score (nSPS) is 19.5. The predicted molar refractivity (Wildman–Crippen MR) is 91.9 cm³/mol. The van der Waals surface area contributed by atoms with Crippen molar-refractivity contribution in [2.24, 2.45) is 5.92 Å². The van der Waals surface area contributed by atoms with Crippen molar-refractivity contribution >= 4 is 0 Å². The van der Waals surface area contributed by atoms with Gasteiger partial charge in [-0.15, -0.1) is 0 Å². The van der Waals surface area contributed by atoms with Gasteiger partial charge in [-0.25, -0.2) is 0 Å². The van der Waals surface area contributed by atoms with Gasteiger partial charge in [-0.3, -0.25) is 10.4 Å². The zero-order valence-electron chi connectivity index (χ0n) is 14.3. The summed E-state index contributed by atoms with van der Waals surface area (Å²) in [7, 11) is 4.01. The molecular formula is C18H31N3O. The fraction of sp³-hybridized carbons (Fsp3) is 0.667. The summed E-state index contributed by atoms with van der Waals surface area (Å²) in [4.78, 5) is 2.58. The van der Waals surface area contributed by atoms with E-state index >= 15 is 0 Å². The van der Waals surface area contributed by atoms with E-state index in [9.17, 15) is 0 Å². The number of benzene rings is 1. The van der Waals surface area contributed by atoms with Crippen LogP contribution in [-0.4, -0.2) is 50.2 Å². The molecule has 1 aliphatic heterocycles. The molecule has 0 aromatic heterocycles. The molecule has 4 heteroatoms. The van der Waals surface area contributed by atoms with Crippen molar-refractivity contribution in [3.63, 3.8) is 0 Å². The molecule has 0 radical (unpaired) electrons. The highest BCUT2D eigenvalue weighted by molar-refractivity contribution is 5.33. The first-order valence-electron chi connectivity index (χ1n) is 8.49. The van der Waals surface area contributed by atoms with Gasteiger partial charge >= 0.3 is 0 Å². The number of nitrogens with one attached hydrogen (secondary N) is 1. The minimum absolute atomic E-state index is 0.795. The van der Waals surface area contributed by atoms with E-state index in [0.29, 0.717) is 0 Å². The number of likely N-dealkylation sites (tertiary alicyclic amines) is 1. The summed E-state index contributed by atoms with van der Waals surface area (Å²) in [5.41, 5.74) is 4.51. The number of hydrogen-bond donors (Lipinski definition) is 1. The predicted octanol–water partition coefficient (Wildman–Crippen LogP) is 2.75. The van der Waals surface area contributed by atoms with Crippen molar-refractivity contribution in [2.45, 2.75) is 32.7 Å².